The lowest BCUT2D eigenvalue weighted by molar-refractivity contribution is 0.0559. The van der Waals surface area contributed by atoms with Crippen LogP contribution in [0.25, 0.3) is 0 Å². The van der Waals surface area contributed by atoms with Crippen LogP contribution in [0.15, 0.2) is 10.5 Å². The average Bonchev–Trinajstić information content (AvgIpc) is 2.70. The van der Waals surface area contributed by atoms with Gasteiger partial charge in [0.2, 0.25) is 5.76 Å². The van der Waals surface area contributed by atoms with Crippen LogP contribution in [0.1, 0.15) is 41.1 Å². The number of carbonyl (C=O) groups is 1. The predicted molar refractivity (Wildman–Crippen MR) is 63.9 cm³/mol. The summed E-state index contributed by atoms with van der Waals surface area (Å²) in [5, 5.41) is 0. The maximum atomic E-state index is 11.4. The molecular weight excluding hydrogens is 218 g/mol. The number of nitrogens with zero attached hydrogens (tertiary/aromatic N) is 1. The Morgan fingerprint density at radius 3 is 2.76 bits per heavy atom. The maximum absolute atomic E-state index is 11.4. The van der Waals surface area contributed by atoms with Crippen molar-refractivity contribution in [3.05, 3.63) is 23.2 Å². The van der Waals surface area contributed by atoms with Gasteiger partial charge in [-0.25, -0.2) is 4.79 Å². The molecule has 0 unspecified atom stereocenters. The first kappa shape index (κ1) is 12.2. The van der Waals surface area contributed by atoms with E-state index in [1.165, 1.54) is 26.4 Å². The van der Waals surface area contributed by atoms with Crippen molar-refractivity contribution in [2.45, 2.75) is 32.7 Å². The molecule has 1 aliphatic rings. The fourth-order valence-electron chi connectivity index (χ4n) is 2.26. The summed E-state index contributed by atoms with van der Waals surface area (Å²) >= 11 is 0. The Morgan fingerprint density at radius 2 is 2.12 bits per heavy atom. The molecule has 4 heteroatoms. The van der Waals surface area contributed by atoms with Crippen LogP contribution in [0.3, 0.4) is 0 Å². The Kier molecular flexibility index (Phi) is 3.84. The van der Waals surface area contributed by atoms with Gasteiger partial charge in [0.1, 0.15) is 5.76 Å². The zero-order valence-corrected chi connectivity index (χ0v) is 10.5. The largest absolute Gasteiger partial charge is 0.463 e. The first-order valence-corrected chi connectivity index (χ1v) is 6.10. The lowest BCUT2D eigenvalue weighted by Gasteiger charge is -2.25. The SMILES string of the molecule is COC(=O)c1oc(CN2CCCCC2)cc1C. The third kappa shape index (κ3) is 2.88. The van der Waals surface area contributed by atoms with Crippen LogP contribution in [-0.2, 0) is 11.3 Å². The molecule has 1 aromatic heterocycles. The second kappa shape index (κ2) is 5.36. The summed E-state index contributed by atoms with van der Waals surface area (Å²) < 4.78 is 10.2. The zero-order chi connectivity index (χ0) is 12.3. The van der Waals surface area contributed by atoms with Crippen LogP contribution in [0, 0.1) is 6.92 Å². The Morgan fingerprint density at radius 1 is 1.41 bits per heavy atom. The summed E-state index contributed by atoms with van der Waals surface area (Å²) in [7, 11) is 1.37. The van der Waals surface area contributed by atoms with E-state index in [9.17, 15) is 4.79 Å². The molecule has 2 rings (SSSR count). The van der Waals surface area contributed by atoms with Gasteiger partial charge in [0, 0.05) is 5.56 Å². The van der Waals surface area contributed by atoms with Crippen molar-refractivity contribution in [3.63, 3.8) is 0 Å². The van der Waals surface area contributed by atoms with Gasteiger partial charge in [-0.3, -0.25) is 4.90 Å². The van der Waals surface area contributed by atoms with E-state index in [2.05, 4.69) is 9.64 Å². The predicted octanol–water partition coefficient (Wildman–Crippen LogP) is 2.36. The number of methoxy groups -OCH3 is 1. The molecule has 1 aliphatic heterocycles. The van der Waals surface area contributed by atoms with E-state index in [1.54, 1.807) is 0 Å². The molecule has 0 aliphatic carbocycles. The van der Waals surface area contributed by atoms with Crippen molar-refractivity contribution >= 4 is 5.97 Å². The summed E-state index contributed by atoms with van der Waals surface area (Å²) in [4.78, 5) is 13.8. The van der Waals surface area contributed by atoms with Gasteiger partial charge in [-0.05, 0) is 38.9 Å². The van der Waals surface area contributed by atoms with E-state index >= 15 is 0 Å². The number of carbonyl (C=O) groups excluding carboxylic acids is 1. The molecule has 0 radical (unpaired) electrons. The van der Waals surface area contributed by atoms with Crippen LogP contribution in [0.4, 0.5) is 0 Å². The Bertz CT molecular complexity index is 391. The first-order valence-electron chi connectivity index (χ1n) is 6.10. The molecule has 1 aromatic rings. The number of esters is 1. The normalized spacial score (nSPS) is 17.1. The van der Waals surface area contributed by atoms with Crippen LogP contribution in [-0.4, -0.2) is 31.1 Å². The Labute approximate surface area is 102 Å². The Hall–Kier alpha value is -1.29. The second-order valence-corrected chi connectivity index (χ2v) is 4.55. The highest BCUT2D eigenvalue weighted by Crippen LogP contribution is 2.19. The van der Waals surface area contributed by atoms with Crippen molar-refractivity contribution in [2.24, 2.45) is 0 Å². The van der Waals surface area contributed by atoms with Crippen molar-refractivity contribution < 1.29 is 13.9 Å². The minimum Gasteiger partial charge on any atom is -0.463 e. The fourth-order valence-corrected chi connectivity index (χ4v) is 2.26. The fraction of sp³-hybridized carbons (Fsp3) is 0.615. The number of piperidine rings is 1. The van der Waals surface area contributed by atoms with Gasteiger partial charge in [0.25, 0.3) is 0 Å². The van der Waals surface area contributed by atoms with Gasteiger partial charge < -0.3 is 9.15 Å². The maximum Gasteiger partial charge on any atom is 0.374 e. The summed E-state index contributed by atoms with van der Waals surface area (Å²) in [6.45, 7) is 4.90. The summed E-state index contributed by atoms with van der Waals surface area (Å²) in [5.74, 6) is 0.789. The lowest BCUT2D eigenvalue weighted by Crippen LogP contribution is -2.28. The van der Waals surface area contributed by atoms with Gasteiger partial charge in [-0.1, -0.05) is 6.42 Å². The van der Waals surface area contributed by atoms with E-state index in [0.717, 1.165) is 31.0 Å². The third-order valence-electron chi connectivity index (χ3n) is 3.17. The van der Waals surface area contributed by atoms with Gasteiger partial charge in [0.05, 0.1) is 13.7 Å². The molecule has 2 heterocycles. The number of ether oxygens (including phenoxy) is 1. The summed E-state index contributed by atoms with van der Waals surface area (Å²) in [5.41, 5.74) is 0.851. The minimum atomic E-state index is -0.396. The number of hydrogen-bond donors (Lipinski definition) is 0. The monoisotopic (exact) mass is 237 g/mol. The smallest absolute Gasteiger partial charge is 0.374 e. The third-order valence-corrected chi connectivity index (χ3v) is 3.17. The van der Waals surface area contributed by atoms with Gasteiger partial charge in [-0.2, -0.15) is 0 Å². The summed E-state index contributed by atoms with van der Waals surface area (Å²) in [6, 6.07) is 1.93. The van der Waals surface area contributed by atoms with E-state index in [1.807, 2.05) is 13.0 Å². The number of furan rings is 1. The quantitative estimate of drug-likeness (QED) is 0.757. The standard InChI is InChI=1S/C13H19NO3/c1-10-8-11(17-12(10)13(15)16-2)9-14-6-4-3-5-7-14/h8H,3-7,9H2,1-2H3. The topological polar surface area (TPSA) is 42.7 Å². The highest BCUT2D eigenvalue weighted by Gasteiger charge is 2.18. The number of hydrogen-bond acceptors (Lipinski definition) is 4. The number of aryl methyl sites for hydroxylation is 1. The van der Waals surface area contributed by atoms with E-state index in [0.29, 0.717) is 5.76 Å². The molecule has 0 N–H and O–H groups in total. The molecule has 0 atom stereocenters. The molecule has 94 valence electrons. The Balaban J connectivity index is 2.03. The summed E-state index contributed by atoms with van der Waals surface area (Å²) in [6.07, 6.45) is 3.83. The van der Waals surface area contributed by atoms with Crippen molar-refractivity contribution in [1.29, 1.82) is 0 Å². The van der Waals surface area contributed by atoms with E-state index < -0.39 is 5.97 Å². The molecule has 0 bridgehead atoms. The molecule has 1 fully saturated rings. The second-order valence-electron chi connectivity index (χ2n) is 4.55. The molecule has 0 aromatic carbocycles. The lowest BCUT2D eigenvalue weighted by atomic mass is 10.1. The molecular formula is C13H19NO3. The molecule has 17 heavy (non-hydrogen) atoms. The van der Waals surface area contributed by atoms with Crippen LogP contribution in [0.5, 0.6) is 0 Å². The van der Waals surface area contributed by atoms with Crippen LogP contribution < -0.4 is 0 Å². The average molecular weight is 237 g/mol. The highest BCUT2D eigenvalue weighted by atomic mass is 16.5. The van der Waals surface area contributed by atoms with Crippen molar-refractivity contribution in [1.82, 2.24) is 4.90 Å². The van der Waals surface area contributed by atoms with E-state index in [-0.39, 0.29) is 0 Å². The van der Waals surface area contributed by atoms with E-state index in [4.69, 9.17) is 4.42 Å². The zero-order valence-electron chi connectivity index (χ0n) is 10.5. The highest BCUT2D eigenvalue weighted by molar-refractivity contribution is 5.87. The molecule has 1 saturated heterocycles. The van der Waals surface area contributed by atoms with Crippen molar-refractivity contribution in [3.8, 4) is 0 Å². The molecule has 0 saturated carbocycles. The minimum absolute atomic E-state index is 0.333. The molecule has 0 amide bonds. The number of likely N-dealkylation sites (tertiary alicyclic amines) is 1. The molecule has 0 spiro atoms. The van der Waals surface area contributed by atoms with Crippen LogP contribution in [0.2, 0.25) is 0 Å². The number of rotatable bonds is 3. The van der Waals surface area contributed by atoms with Gasteiger partial charge in [-0.15, -0.1) is 0 Å². The van der Waals surface area contributed by atoms with Gasteiger partial charge in [0.15, 0.2) is 0 Å². The van der Waals surface area contributed by atoms with Crippen molar-refractivity contribution in [2.75, 3.05) is 20.2 Å². The molecule has 4 nitrogen and oxygen atoms in total. The van der Waals surface area contributed by atoms with Crippen LogP contribution >= 0.6 is 0 Å². The van der Waals surface area contributed by atoms with Gasteiger partial charge >= 0.3 is 5.97 Å². The first-order chi connectivity index (χ1) is 8.20.